The summed E-state index contributed by atoms with van der Waals surface area (Å²) in [5.41, 5.74) is 4.30. The zero-order valence-corrected chi connectivity index (χ0v) is 18.6. The van der Waals surface area contributed by atoms with Gasteiger partial charge in [-0.05, 0) is 38.0 Å². The normalized spacial score (nSPS) is 11.4. The summed E-state index contributed by atoms with van der Waals surface area (Å²) < 4.78 is 7.00. The van der Waals surface area contributed by atoms with Gasteiger partial charge >= 0.3 is 5.97 Å². The second-order valence-electron chi connectivity index (χ2n) is 7.57. The van der Waals surface area contributed by atoms with Crippen LogP contribution in [0.4, 0.5) is 5.69 Å². The van der Waals surface area contributed by atoms with Crippen LogP contribution >= 0.6 is 0 Å². The molecule has 2 aromatic carbocycles. The van der Waals surface area contributed by atoms with Crippen molar-refractivity contribution in [1.29, 1.82) is 0 Å². The number of nitrogens with one attached hydrogen (secondary N) is 1. The summed E-state index contributed by atoms with van der Waals surface area (Å²) in [4.78, 5) is 28.2. The van der Waals surface area contributed by atoms with Crippen molar-refractivity contribution in [3.05, 3.63) is 71.4 Å². The van der Waals surface area contributed by atoms with E-state index >= 15 is 0 Å². The molecule has 8 heteroatoms. The van der Waals surface area contributed by atoms with Crippen LogP contribution in [0.1, 0.15) is 28.5 Å². The Morgan fingerprint density at radius 2 is 1.76 bits per heavy atom. The molecule has 33 heavy (non-hydrogen) atoms. The Morgan fingerprint density at radius 3 is 2.48 bits per heavy atom. The van der Waals surface area contributed by atoms with Crippen LogP contribution in [0.5, 0.6) is 5.88 Å². The number of nitrogens with zero attached hydrogens (tertiary/aromatic N) is 3. The van der Waals surface area contributed by atoms with Crippen LogP contribution in [0.2, 0.25) is 0 Å². The number of para-hydroxylation sites is 1. The Bertz CT molecular complexity index is 1370. The van der Waals surface area contributed by atoms with E-state index in [1.54, 1.807) is 30.5 Å². The van der Waals surface area contributed by atoms with Crippen molar-refractivity contribution >= 4 is 28.5 Å². The van der Waals surface area contributed by atoms with Crippen LogP contribution in [-0.4, -0.2) is 33.1 Å². The molecule has 0 aliphatic rings. The van der Waals surface area contributed by atoms with Gasteiger partial charge in [-0.2, -0.15) is 0 Å². The molecule has 0 fully saturated rings. The summed E-state index contributed by atoms with van der Waals surface area (Å²) in [6.45, 7) is 5.51. The summed E-state index contributed by atoms with van der Waals surface area (Å²) in [7, 11) is 0. The lowest BCUT2D eigenvalue weighted by Gasteiger charge is -2.10. The highest BCUT2D eigenvalue weighted by Gasteiger charge is 2.25. The van der Waals surface area contributed by atoms with Crippen molar-refractivity contribution in [3.63, 3.8) is 0 Å². The van der Waals surface area contributed by atoms with Gasteiger partial charge in [0.1, 0.15) is 6.54 Å². The average molecular weight is 444 g/mol. The van der Waals surface area contributed by atoms with Gasteiger partial charge in [-0.3, -0.25) is 4.79 Å². The van der Waals surface area contributed by atoms with E-state index in [-0.39, 0.29) is 24.7 Å². The third-order valence-electron chi connectivity index (χ3n) is 5.51. The Morgan fingerprint density at radius 1 is 1.06 bits per heavy atom. The van der Waals surface area contributed by atoms with Gasteiger partial charge < -0.3 is 19.4 Å². The average Bonchev–Trinajstić information content (AvgIpc) is 3.25. The van der Waals surface area contributed by atoms with Crippen LogP contribution in [0.25, 0.3) is 22.2 Å². The van der Waals surface area contributed by atoms with E-state index in [4.69, 9.17) is 4.74 Å². The third-order valence-corrected chi connectivity index (χ3v) is 5.51. The summed E-state index contributed by atoms with van der Waals surface area (Å²) >= 11 is 0. The number of carbonyl (C=O) groups is 2. The number of amides is 1. The quantitative estimate of drug-likeness (QED) is 0.304. The zero-order valence-electron chi connectivity index (χ0n) is 18.6. The van der Waals surface area contributed by atoms with Crippen molar-refractivity contribution in [2.24, 2.45) is 10.2 Å². The summed E-state index contributed by atoms with van der Waals surface area (Å²) in [6.07, 6.45) is 0. The lowest BCUT2D eigenvalue weighted by molar-refractivity contribution is -0.118. The molecule has 0 aliphatic heterocycles. The van der Waals surface area contributed by atoms with Crippen LogP contribution in [0, 0.1) is 13.8 Å². The molecule has 2 aromatic heterocycles. The molecule has 2 N–H and O–H groups in total. The van der Waals surface area contributed by atoms with Gasteiger partial charge in [0.15, 0.2) is 5.69 Å². The second-order valence-corrected chi connectivity index (χ2v) is 7.57. The smallest absolute Gasteiger partial charge is 0.340 e. The van der Waals surface area contributed by atoms with Gasteiger partial charge in [0.05, 0.1) is 23.4 Å². The number of hydrogen-bond donors (Lipinski definition) is 2. The molecular weight excluding hydrogens is 420 g/mol. The Hall–Kier alpha value is -4.20. The molecule has 0 saturated carbocycles. The number of aromatic nitrogens is 2. The van der Waals surface area contributed by atoms with Crippen LogP contribution in [-0.2, 0) is 16.1 Å². The third kappa shape index (κ3) is 4.15. The molecule has 0 unspecified atom stereocenters. The molecule has 0 atom stereocenters. The first-order valence-corrected chi connectivity index (χ1v) is 10.6. The molecule has 0 spiro atoms. The fraction of sp³-hybridized carbons (Fsp3) is 0.200. The highest BCUT2D eigenvalue weighted by molar-refractivity contribution is 5.96. The van der Waals surface area contributed by atoms with E-state index < -0.39 is 11.9 Å². The predicted octanol–water partition coefficient (Wildman–Crippen LogP) is 5.45. The predicted molar refractivity (Wildman–Crippen MR) is 125 cm³/mol. The van der Waals surface area contributed by atoms with E-state index in [1.807, 2.05) is 49.4 Å². The zero-order chi connectivity index (χ0) is 23.5. The van der Waals surface area contributed by atoms with Crippen LogP contribution < -0.4 is 0 Å². The number of ether oxygens (including phenoxy) is 1. The van der Waals surface area contributed by atoms with E-state index in [2.05, 4.69) is 15.2 Å². The fourth-order valence-electron chi connectivity index (χ4n) is 4.05. The van der Waals surface area contributed by atoms with Gasteiger partial charge in [-0.1, -0.05) is 48.5 Å². The molecule has 0 radical (unpaired) electrons. The van der Waals surface area contributed by atoms with Crippen molar-refractivity contribution in [3.8, 4) is 17.1 Å². The molecule has 2 heterocycles. The monoisotopic (exact) mass is 444 g/mol. The molecule has 168 valence electrons. The molecule has 4 aromatic rings. The number of esters is 1. The van der Waals surface area contributed by atoms with Gasteiger partial charge in [0, 0.05) is 11.1 Å². The Kier molecular flexibility index (Phi) is 6.08. The van der Waals surface area contributed by atoms with Crippen LogP contribution in [0.3, 0.4) is 0 Å². The van der Waals surface area contributed by atoms with Crippen molar-refractivity contribution in [2.45, 2.75) is 27.3 Å². The first-order valence-electron chi connectivity index (χ1n) is 10.6. The number of fused-ring (bicyclic) bond motifs is 1. The van der Waals surface area contributed by atoms with Crippen LogP contribution in [0.15, 0.2) is 64.8 Å². The Balaban J connectivity index is 1.71. The van der Waals surface area contributed by atoms with Gasteiger partial charge in [-0.25, -0.2) is 4.79 Å². The van der Waals surface area contributed by atoms with Gasteiger partial charge in [0.2, 0.25) is 5.88 Å². The SMILES string of the molecule is CCOC(=O)c1c(C)c(-c2ccccc2)n(CC(=O)N=Nc2c(O)[nH]c3ccccc23)c1C. The molecule has 0 bridgehead atoms. The molecule has 4 rings (SSSR count). The number of azo groups is 1. The number of benzene rings is 2. The first kappa shape index (κ1) is 22.0. The maximum atomic E-state index is 12.8. The number of hydrogen-bond acceptors (Lipinski definition) is 5. The van der Waals surface area contributed by atoms with Crippen molar-refractivity contribution in [1.82, 2.24) is 9.55 Å². The maximum Gasteiger partial charge on any atom is 0.340 e. The lowest BCUT2D eigenvalue weighted by Crippen LogP contribution is -2.12. The largest absolute Gasteiger partial charge is 0.493 e. The minimum atomic E-state index is -0.523. The topological polar surface area (TPSA) is 109 Å². The minimum Gasteiger partial charge on any atom is -0.493 e. The number of H-pyrrole nitrogens is 1. The maximum absolute atomic E-state index is 12.8. The van der Waals surface area contributed by atoms with E-state index in [9.17, 15) is 14.7 Å². The second kappa shape index (κ2) is 9.12. The number of aromatic hydroxyl groups is 1. The highest BCUT2D eigenvalue weighted by Crippen LogP contribution is 2.35. The number of rotatable bonds is 6. The molecule has 1 amide bonds. The summed E-state index contributed by atoms with van der Waals surface area (Å²) in [5, 5.41) is 18.7. The van der Waals surface area contributed by atoms with Gasteiger partial charge in [0.25, 0.3) is 5.91 Å². The first-order chi connectivity index (χ1) is 15.9. The molecule has 0 aliphatic carbocycles. The lowest BCUT2D eigenvalue weighted by atomic mass is 10.1. The minimum absolute atomic E-state index is 0.122. The Labute approximate surface area is 190 Å². The molecular formula is C25H24N4O4. The highest BCUT2D eigenvalue weighted by atomic mass is 16.5. The number of carbonyl (C=O) groups excluding carboxylic acids is 2. The van der Waals surface area contributed by atoms with Crippen molar-refractivity contribution in [2.75, 3.05) is 6.61 Å². The van der Waals surface area contributed by atoms with Crippen molar-refractivity contribution < 1.29 is 19.4 Å². The van der Waals surface area contributed by atoms with Gasteiger partial charge in [-0.15, -0.1) is 10.2 Å². The standard InChI is InChI=1S/C25H24N4O4/c1-4-33-25(32)21-15(2)23(17-10-6-5-7-11-17)29(16(21)3)14-20(30)27-28-22-18-12-8-9-13-19(18)26-24(22)31/h5-13,26,31H,4,14H2,1-3H3. The van der Waals surface area contributed by atoms with E-state index in [0.29, 0.717) is 22.2 Å². The molecule has 0 saturated heterocycles. The molecule has 8 nitrogen and oxygen atoms in total. The summed E-state index contributed by atoms with van der Waals surface area (Å²) in [5.74, 6) is -1.11. The summed E-state index contributed by atoms with van der Waals surface area (Å²) in [6, 6.07) is 16.7. The van der Waals surface area contributed by atoms with E-state index in [0.717, 1.165) is 16.8 Å². The van der Waals surface area contributed by atoms with E-state index in [1.165, 1.54) is 0 Å². The fourth-order valence-corrected chi connectivity index (χ4v) is 4.05. The number of aromatic amines is 1.